The smallest absolute Gasteiger partial charge is 0.243 e. The predicted molar refractivity (Wildman–Crippen MR) is 120 cm³/mol. The maximum Gasteiger partial charge on any atom is 0.243 e. The number of hydrogen-bond donors (Lipinski definition) is 2. The van der Waals surface area contributed by atoms with Gasteiger partial charge in [0, 0.05) is 45.8 Å². The highest BCUT2D eigenvalue weighted by molar-refractivity contribution is 14.0. The Morgan fingerprint density at radius 3 is 2.67 bits per heavy atom. The summed E-state index contributed by atoms with van der Waals surface area (Å²) in [5.74, 6) is 0.702. The number of aliphatic imine (C=N–C) groups is 1. The molecule has 2 N–H and O–H groups in total. The fourth-order valence-corrected chi connectivity index (χ4v) is 2.81. The van der Waals surface area contributed by atoms with E-state index in [9.17, 15) is 9.59 Å². The zero-order valence-corrected chi connectivity index (χ0v) is 18.7. The van der Waals surface area contributed by atoms with Gasteiger partial charge in [-0.1, -0.05) is 18.2 Å². The third kappa shape index (κ3) is 7.00. The molecule has 0 bridgehead atoms. The molecule has 0 atom stereocenters. The van der Waals surface area contributed by atoms with E-state index < -0.39 is 0 Å². The molecule has 0 saturated carbocycles. The fraction of sp³-hybridized carbons (Fsp3) is 0.526. The van der Waals surface area contributed by atoms with Crippen molar-refractivity contribution in [2.24, 2.45) is 4.99 Å². The molecule has 1 aliphatic rings. The standard InChI is InChI=1S/C19H29N5O2.HI/c1-4-20-19(22-14-18(26)23(2)3)21-12-7-10-17(25)24-13-11-15-8-5-6-9-16(15)24;/h5-6,8-9H,4,7,10-14H2,1-3H3,(H2,20,21,22);1H. The first-order chi connectivity index (χ1) is 12.5. The lowest BCUT2D eigenvalue weighted by Gasteiger charge is -2.17. The van der Waals surface area contributed by atoms with E-state index in [1.807, 2.05) is 30.0 Å². The molecule has 0 saturated heterocycles. The van der Waals surface area contributed by atoms with Gasteiger partial charge in [0.1, 0.15) is 6.54 Å². The van der Waals surface area contributed by atoms with Gasteiger partial charge in [-0.2, -0.15) is 0 Å². The number of likely N-dealkylation sites (N-methyl/N-ethyl adjacent to an activating group) is 1. The van der Waals surface area contributed by atoms with E-state index >= 15 is 0 Å². The van der Waals surface area contributed by atoms with Crippen LogP contribution in [0.5, 0.6) is 0 Å². The van der Waals surface area contributed by atoms with Gasteiger partial charge in [0.25, 0.3) is 0 Å². The van der Waals surface area contributed by atoms with Crippen molar-refractivity contribution in [2.45, 2.75) is 26.2 Å². The third-order valence-corrected chi connectivity index (χ3v) is 4.26. The van der Waals surface area contributed by atoms with Gasteiger partial charge in [-0.3, -0.25) is 9.59 Å². The lowest BCUT2D eigenvalue weighted by molar-refractivity contribution is -0.127. The topological polar surface area (TPSA) is 77.0 Å². The molecule has 1 aromatic carbocycles. The summed E-state index contributed by atoms with van der Waals surface area (Å²) >= 11 is 0. The normalized spacial score (nSPS) is 12.9. The second-order valence-electron chi connectivity index (χ2n) is 6.44. The summed E-state index contributed by atoms with van der Waals surface area (Å²) in [4.78, 5) is 31.8. The van der Waals surface area contributed by atoms with Crippen LogP contribution >= 0.6 is 24.0 Å². The van der Waals surface area contributed by atoms with Crippen LogP contribution in [0.1, 0.15) is 25.3 Å². The quantitative estimate of drug-likeness (QED) is 0.265. The highest BCUT2D eigenvalue weighted by Gasteiger charge is 2.23. The molecule has 150 valence electrons. The average molecular weight is 487 g/mol. The molecule has 0 fully saturated rings. The minimum Gasteiger partial charge on any atom is -0.357 e. The first-order valence-electron chi connectivity index (χ1n) is 9.13. The molecule has 1 aromatic rings. The molecule has 0 unspecified atom stereocenters. The molecule has 0 aliphatic carbocycles. The van der Waals surface area contributed by atoms with E-state index in [2.05, 4.69) is 21.7 Å². The van der Waals surface area contributed by atoms with E-state index in [-0.39, 0.29) is 42.3 Å². The van der Waals surface area contributed by atoms with Crippen LogP contribution in [0.3, 0.4) is 0 Å². The Kier molecular flexibility index (Phi) is 10.1. The molecule has 7 nitrogen and oxygen atoms in total. The average Bonchev–Trinajstić information content (AvgIpc) is 3.06. The van der Waals surface area contributed by atoms with Crippen LogP contribution in [0.15, 0.2) is 29.3 Å². The number of carbonyl (C=O) groups is 2. The first kappa shape index (κ1) is 23.2. The maximum absolute atomic E-state index is 12.5. The number of hydrogen-bond acceptors (Lipinski definition) is 3. The summed E-state index contributed by atoms with van der Waals surface area (Å²) in [7, 11) is 3.42. The predicted octanol–water partition coefficient (Wildman–Crippen LogP) is 1.62. The van der Waals surface area contributed by atoms with Crippen LogP contribution in [-0.2, 0) is 16.0 Å². The van der Waals surface area contributed by atoms with Gasteiger partial charge in [0.05, 0.1) is 0 Å². The lowest BCUT2D eigenvalue weighted by Crippen LogP contribution is -2.39. The number of nitrogens with zero attached hydrogens (tertiary/aromatic N) is 3. The Bertz CT molecular complexity index is 663. The molecular formula is C19H30IN5O2. The molecular weight excluding hydrogens is 457 g/mol. The number of guanidine groups is 1. The van der Waals surface area contributed by atoms with Crippen molar-refractivity contribution in [1.82, 2.24) is 15.5 Å². The van der Waals surface area contributed by atoms with Gasteiger partial charge in [0.15, 0.2) is 5.96 Å². The Hall–Kier alpha value is -1.84. The monoisotopic (exact) mass is 487 g/mol. The van der Waals surface area contributed by atoms with Crippen LogP contribution in [0.25, 0.3) is 0 Å². The highest BCUT2D eigenvalue weighted by atomic mass is 127. The zero-order valence-electron chi connectivity index (χ0n) is 16.3. The van der Waals surface area contributed by atoms with Gasteiger partial charge in [-0.25, -0.2) is 4.99 Å². The van der Waals surface area contributed by atoms with Crippen LogP contribution < -0.4 is 15.5 Å². The van der Waals surface area contributed by atoms with Crippen molar-refractivity contribution in [3.8, 4) is 0 Å². The van der Waals surface area contributed by atoms with Crippen molar-refractivity contribution in [3.63, 3.8) is 0 Å². The van der Waals surface area contributed by atoms with Gasteiger partial charge < -0.3 is 20.4 Å². The molecule has 0 spiro atoms. The van der Waals surface area contributed by atoms with Crippen molar-refractivity contribution >= 4 is 47.4 Å². The summed E-state index contributed by atoms with van der Waals surface area (Å²) in [6, 6.07) is 8.08. The van der Waals surface area contributed by atoms with Crippen LogP contribution in [0.2, 0.25) is 0 Å². The molecule has 1 aliphatic heterocycles. The number of para-hydroxylation sites is 1. The summed E-state index contributed by atoms with van der Waals surface area (Å²) in [5.41, 5.74) is 2.29. The van der Waals surface area contributed by atoms with Crippen LogP contribution in [0.4, 0.5) is 5.69 Å². The van der Waals surface area contributed by atoms with Crippen molar-refractivity contribution in [2.75, 3.05) is 45.2 Å². The molecule has 8 heteroatoms. The number of amides is 2. The van der Waals surface area contributed by atoms with Gasteiger partial charge in [-0.15, -0.1) is 24.0 Å². The minimum absolute atomic E-state index is 0. The number of rotatable bonds is 7. The molecule has 27 heavy (non-hydrogen) atoms. The molecule has 2 rings (SSSR count). The van der Waals surface area contributed by atoms with Gasteiger partial charge >= 0.3 is 0 Å². The molecule has 1 heterocycles. The fourth-order valence-electron chi connectivity index (χ4n) is 2.81. The van der Waals surface area contributed by atoms with Crippen molar-refractivity contribution < 1.29 is 9.59 Å². The summed E-state index contributed by atoms with van der Waals surface area (Å²) < 4.78 is 0. The summed E-state index contributed by atoms with van der Waals surface area (Å²) in [6.07, 6.45) is 2.12. The molecule has 2 amide bonds. The third-order valence-electron chi connectivity index (χ3n) is 4.26. The first-order valence-corrected chi connectivity index (χ1v) is 9.13. The Morgan fingerprint density at radius 2 is 1.96 bits per heavy atom. The van der Waals surface area contributed by atoms with E-state index in [0.29, 0.717) is 31.9 Å². The number of nitrogens with one attached hydrogen (secondary N) is 2. The number of anilines is 1. The van der Waals surface area contributed by atoms with Crippen molar-refractivity contribution in [3.05, 3.63) is 29.8 Å². The number of halogens is 1. The van der Waals surface area contributed by atoms with Gasteiger partial charge in [-0.05, 0) is 31.4 Å². The SMILES string of the molecule is CCNC(=NCC(=O)N(C)C)NCCCC(=O)N1CCc2ccccc21.I. The van der Waals surface area contributed by atoms with Gasteiger partial charge in [0.2, 0.25) is 11.8 Å². The molecule has 0 radical (unpaired) electrons. The second-order valence-corrected chi connectivity index (χ2v) is 6.44. The minimum atomic E-state index is -0.0509. The number of fused-ring (bicyclic) bond motifs is 1. The van der Waals surface area contributed by atoms with E-state index in [0.717, 1.165) is 18.7 Å². The zero-order chi connectivity index (χ0) is 18.9. The van der Waals surface area contributed by atoms with Crippen LogP contribution in [-0.4, -0.2) is 62.9 Å². The summed E-state index contributed by atoms with van der Waals surface area (Å²) in [6.45, 7) is 4.18. The Morgan fingerprint density at radius 1 is 1.22 bits per heavy atom. The van der Waals surface area contributed by atoms with Crippen LogP contribution in [0, 0.1) is 0 Å². The number of carbonyl (C=O) groups excluding carboxylic acids is 2. The Balaban J connectivity index is 0.00000364. The summed E-state index contributed by atoms with van der Waals surface area (Å²) in [5, 5.41) is 6.28. The maximum atomic E-state index is 12.5. The highest BCUT2D eigenvalue weighted by Crippen LogP contribution is 2.27. The largest absolute Gasteiger partial charge is 0.357 e. The second kappa shape index (κ2) is 11.8. The van der Waals surface area contributed by atoms with Crippen molar-refractivity contribution in [1.29, 1.82) is 0 Å². The van der Waals surface area contributed by atoms with E-state index in [1.54, 1.807) is 14.1 Å². The van der Waals surface area contributed by atoms with E-state index in [4.69, 9.17) is 0 Å². The Labute approximate surface area is 178 Å². The molecule has 0 aromatic heterocycles. The number of benzene rings is 1. The lowest BCUT2D eigenvalue weighted by atomic mass is 10.2. The van der Waals surface area contributed by atoms with E-state index in [1.165, 1.54) is 10.5 Å².